The number of anilines is 1. The summed E-state index contributed by atoms with van der Waals surface area (Å²) in [6.07, 6.45) is 4.63. The van der Waals surface area contributed by atoms with Gasteiger partial charge in [0.05, 0.1) is 29.1 Å². The van der Waals surface area contributed by atoms with Gasteiger partial charge in [-0.3, -0.25) is 14.2 Å². The molecule has 1 atom stereocenters. The molecule has 1 amide bonds. The molecule has 1 aromatic carbocycles. The summed E-state index contributed by atoms with van der Waals surface area (Å²) in [4.78, 5) is 26.2. The second kappa shape index (κ2) is 9.87. The number of imidazole rings is 1. The molecular formula is C25H26ClFN6O2. The monoisotopic (exact) mass is 496 g/mol. The van der Waals surface area contributed by atoms with Crippen molar-refractivity contribution in [3.63, 3.8) is 0 Å². The topological polar surface area (TPSA) is 107 Å². The third-order valence-electron chi connectivity index (χ3n) is 5.58. The number of nitrogen functional groups attached to an aromatic ring is 1. The fraction of sp³-hybridized carbons (Fsp3) is 0.280. The largest absolute Gasteiger partial charge is 0.490 e. The Kier molecular flexibility index (Phi) is 6.88. The van der Waals surface area contributed by atoms with Crippen molar-refractivity contribution in [2.75, 3.05) is 5.73 Å². The predicted octanol–water partition coefficient (Wildman–Crippen LogP) is 4.68. The number of nitrogens with one attached hydrogen (secondary N) is 1. The second-order valence-electron chi connectivity index (χ2n) is 8.44. The van der Waals surface area contributed by atoms with Crippen LogP contribution < -0.4 is 15.8 Å². The van der Waals surface area contributed by atoms with Crippen LogP contribution >= 0.6 is 11.6 Å². The first-order valence-corrected chi connectivity index (χ1v) is 11.5. The van der Waals surface area contributed by atoms with Gasteiger partial charge in [0, 0.05) is 30.1 Å². The molecule has 35 heavy (non-hydrogen) atoms. The van der Waals surface area contributed by atoms with E-state index in [1.54, 1.807) is 50.6 Å². The summed E-state index contributed by atoms with van der Waals surface area (Å²) in [5.41, 5.74) is 8.35. The van der Waals surface area contributed by atoms with E-state index < -0.39 is 17.6 Å². The number of hydrogen-bond donors (Lipinski definition) is 2. The van der Waals surface area contributed by atoms with Crippen molar-refractivity contribution < 1.29 is 13.9 Å². The van der Waals surface area contributed by atoms with Gasteiger partial charge in [-0.05, 0) is 39.0 Å². The number of ether oxygens (including phenoxy) is 1. The van der Waals surface area contributed by atoms with Gasteiger partial charge in [-0.25, -0.2) is 14.4 Å². The Morgan fingerprint density at radius 3 is 2.71 bits per heavy atom. The third kappa shape index (κ3) is 4.77. The average molecular weight is 497 g/mol. The van der Waals surface area contributed by atoms with Crippen LogP contribution in [0.4, 0.5) is 10.2 Å². The molecule has 3 N–H and O–H groups in total. The van der Waals surface area contributed by atoms with Gasteiger partial charge in [-0.1, -0.05) is 24.6 Å². The second-order valence-corrected chi connectivity index (χ2v) is 8.85. The lowest BCUT2D eigenvalue weighted by Gasteiger charge is -2.22. The highest BCUT2D eigenvalue weighted by atomic mass is 35.5. The summed E-state index contributed by atoms with van der Waals surface area (Å²) in [5.74, 6) is -0.840. The number of pyridine rings is 1. The minimum Gasteiger partial charge on any atom is -0.490 e. The number of amides is 1. The number of hydrogen-bond acceptors (Lipinski definition) is 6. The summed E-state index contributed by atoms with van der Waals surface area (Å²) >= 11 is 6.29. The van der Waals surface area contributed by atoms with E-state index in [1.165, 1.54) is 6.07 Å². The van der Waals surface area contributed by atoms with E-state index in [1.807, 2.05) is 18.2 Å². The first-order chi connectivity index (χ1) is 16.7. The van der Waals surface area contributed by atoms with Crippen LogP contribution in [0.15, 0.2) is 42.9 Å². The molecule has 10 heteroatoms. The van der Waals surface area contributed by atoms with Crippen LogP contribution in [0.3, 0.4) is 0 Å². The van der Waals surface area contributed by atoms with Gasteiger partial charge in [0.1, 0.15) is 28.5 Å². The first kappa shape index (κ1) is 24.4. The molecule has 0 aliphatic rings. The minimum absolute atomic E-state index is 0.115. The van der Waals surface area contributed by atoms with Crippen molar-refractivity contribution in [2.24, 2.45) is 0 Å². The Bertz CT molecular complexity index is 1390. The first-order valence-electron chi connectivity index (χ1n) is 11.1. The van der Waals surface area contributed by atoms with E-state index in [0.29, 0.717) is 34.1 Å². The van der Waals surface area contributed by atoms with Gasteiger partial charge in [0.15, 0.2) is 5.82 Å². The van der Waals surface area contributed by atoms with E-state index in [2.05, 4.69) is 15.3 Å². The maximum atomic E-state index is 15.3. The van der Waals surface area contributed by atoms with Crippen LogP contribution in [0, 0.1) is 12.7 Å². The number of carbonyl (C=O) groups is 1. The molecule has 1 unspecified atom stereocenters. The third-order valence-corrected chi connectivity index (χ3v) is 5.85. The highest BCUT2D eigenvalue weighted by molar-refractivity contribution is 6.31. The number of halogens is 2. The molecule has 0 fully saturated rings. The Hall–Kier alpha value is -3.72. The number of aromatic nitrogens is 4. The molecule has 3 heterocycles. The molecular weight excluding hydrogens is 471 g/mol. The van der Waals surface area contributed by atoms with Gasteiger partial charge in [0.25, 0.3) is 5.91 Å². The number of rotatable bonds is 7. The van der Waals surface area contributed by atoms with Crippen molar-refractivity contribution in [2.45, 2.75) is 46.3 Å². The van der Waals surface area contributed by atoms with Crippen LogP contribution in [0.1, 0.15) is 59.8 Å². The zero-order chi connectivity index (χ0) is 25.3. The Balaban J connectivity index is 1.82. The fourth-order valence-corrected chi connectivity index (χ4v) is 4.20. The highest BCUT2D eigenvalue weighted by Crippen LogP contribution is 2.39. The van der Waals surface area contributed by atoms with E-state index in [-0.39, 0.29) is 29.0 Å². The van der Waals surface area contributed by atoms with E-state index >= 15 is 4.39 Å². The van der Waals surface area contributed by atoms with E-state index in [0.717, 1.165) is 0 Å². The molecule has 8 nitrogen and oxygen atoms in total. The molecule has 0 aliphatic carbocycles. The summed E-state index contributed by atoms with van der Waals surface area (Å²) in [5, 5.41) is 2.53. The Labute approximate surface area is 207 Å². The van der Waals surface area contributed by atoms with Gasteiger partial charge >= 0.3 is 0 Å². The number of fused-ring (bicyclic) bond motifs is 1. The molecule has 0 bridgehead atoms. The smallest absolute Gasteiger partial charge is 0.258 e. The molecule has 0 spiro atoms. The number of carbonyl (C=O) groups excluding carboxylic acids is 1. The lowest BCUT2D eigenvalue weighted by atomic mass is 9.95. The molecule has 0 radical (unpaired) electrons. The normalized spacial score (nSPS) is 12.2. The van der Waals surface area contributed by atoms with Crippen molar-refractivity contribution in [3.8, 4) is 5.75 Å². The van der Waals surface area contributed by atoms with Gasteiger partial charge in [-0.15, -0.1) is 0 Å². The predicted molar refractivity (Wildman–Crippen MR) is 132 cm³/mol. The van der Waals surface area contributed by atoms with Crippen LogP contribution in [0.5, 0.6) is 5.75 Å². The van der Waals surface area contributed by atoms with Crippen molar-refractivity contribution in [1.29, 1.82) is 0 Å². The summed E-state index contributed by atoms with van der Waals surface area (Å²) in [6.45, 7) is 7.45. The molecule has 4 aromatic rings. The molecule has 182 valence electrons. The summed E-state index contributed by atoms with van der Waals surface area (Å²) < 4.78 is 23.2. The van der Waals surface area contributed by atoms with Crippen molar-refractivity contribution in [1.82, 2.24) is 24.7 Å². The number of aryl methyl sites for hydroxylation is 1. The highest BCUT2D eigenvalue weighted by Gasteiger charge is 2.30. The van der Waals surface area contributed by atoms with Gasteiger partial charge in [-0.2, -0.15) is 0 Å². The van der Waals surface area contributed by atoms with Crippen molar-refractivity contribution in [3.05, 3.63) is 82.0 Å². The van der Waals surface area contributed by atoms with Crippen LogP contribution in [-0.4, -0.2) is 31.4 Å². The van der Waals surface area contributed by atoms with Crippen LogP contribution in [-0.2, 0) is 6.54 Å². The number of benzene rings is 1. The Morgan fingerprint density at radius 2 is 2.03 bits per heavy atom. The Morgan fingerprint density at radius 1 is 1.26 bits per heavy atom. The molecule has 4 rings (SSSR count). The zero-order valence-corrected chi connectivity index (χ0v) is 20.6. The van der Waals surface area contributed by atoms with E-state index in [9.17, 15) is 4.79 Å². The fourth-order valence-electron chi connectivity index (χ4n) is 3.99. The molecule has 3 aromatic heterocycles. The standard InChI is InChI=1S/C25H26ClFN6O2/c1-13(2)35-22-17(14(3)24-32-15(4)21-23(28)30-9-10-33(21)24)11-18(26)20(27)19(22)25(34)31-12-16-7-5-6-8-29-16/h5-11,13-14H,12H2,1-4H3,(H2,28,30)(H,31,34). The van der Waals surface area contributed by atoms with Crippen molar-refractivity contribution >= 4 is 28.8 Å². The quantitative estimate of drug-likeness (QED) is 0.385. The lowest BCUT2D eigenvalue weighted by Crippen LogP contribution is -2.26. The summed E-state index contributed by atoms with van der Waals surface area (Å²) in [6, 6.07) is 6.82. The SMILES string of the molecule is Cc1nc(C(C)c2cc(Cl)c(F)c(C(=O)NCc3ccccn3)c2OC(C)C)n2ccnc(N)c12. The maximum absolute atomic E-state index is 15.3. The van der Waals surface area contributed by atoms with Crippen LogP contribution in [0.2, 0.25) is 5.02 Å². The lowest BCUT2D eigenvalue weighted by molar-refractivity contribution is 0.0939. The van der Waals surface area contributed by atoms with E-state index in [4.69, 9.17) is 27.1 Å². The number of nitrogens with zero attached hydrogens (tertiary/aromatic N) is 4. The van der Waals surface area contributed by atoms with Crippen LogP contribution in [0.25, 0.3) is 5.52 Å². The van der Waals surface area contributed by atoms with Gasteiger partial charge < -0.3 is 15.8 Å². The molecule has 0 saturated heterocycles. The average Bonchev–Trinajstić information content (AvgIpc) is 3.17. The molecule has 0 aliphatic heterocycles. The zero-order valence-electron chi connectivity index (χ0n) is 19.8. The minimum atomic E-state index is -0.852. The molecule has 0 saturated carbocycles. The van der Waals surface area contributed by atoms with Gasteiger partial charge in [0.2, 0.25) is 0 Å². The maximum Gasteiger partial charge on any atom is 0.258 e. The number of nitrogens with two attached hydrogens (primary N) is 1. The summed E-state index contributed by atoms with van der Waals surface area (Å²) in [7, 11) is 0.